The Hall–Kier alpha value is -1.63. The monoisotopic (exact) mass is 311 g/mol. The van der Waals surface area contributed by atoms with Crippen molar-refractivity contribution in [3.63, 3.8) is 0 Å². The summed E-state index contributed by atoms with van der Waals surface area (Å²) >= 11 is 0. The van der Waals surface area contributed by atoms with Crippen molar-refractivity contribution in [1.29, 1.82) is 0 Å². The number of nitrogens with one attached hydrogen (secondary N) is 2. The highest BCUT2D eigenvalue weighted by Crippen LogP contribution is 2.23. The fraction of sp³-hybridized carbons (Fsp3) is 0.571. The van der Waals surface area contributed by atoms with Gasteiger partial charge in [0, 0.05) is 18.3 Å². The lowest BCUT2D eigenvalue weighted by Crippen LogP contribution is -2.47. The highest BCUT2D eigenvalue weighted by Gasteiger charge is 2.39. The van der Waals surface area contributed by atoms with Gasteiger partial charge in [-0.25, -0.2) is 13.4 Å². The van der Waals surface area contributed by atoms with Crippen LogP contribution < -0.4 is 10.6 Å². The largest absolute Gasteiger partial charge is 0.373 e. The molecule has 116 valence electrons. The summed E-state index contributed by atoms with van der Waals surface area (Å²) in [5, 5.41) is 5.78. The SMILES string of the molecule is CCc1cc(C(=O)NC2(C)CCS(=O)(=O)C2)cc(NC)n1. The molecule has 6 nitrogen and oxygen atoms in total. The van der Waals surface area contributed by atoms with Crippen LogP contribution in [0.1, 0.15) is 36.3 Å². The molecule has 1 aromatic rings. The molecule has 1 atom stereocenters. The summed E-state index contributed by atoms with van der Waals surface area (Å²) < 4.78 is 23.2. The van der Waals surface area contributed by atoms with Gasteiger partial charge in [0.25, 0.3) is 5.91 Å². The lowest BCUT2D eigenvalue weighted by Gasteiger charge is -2.24. The van der Waals surface area contributed by atoms with E-state index < -0.39 is 15.4 Å². The number of anilines is 1. The van der Waals surface area contributed by atoms with Crippen molar-refractivity contribution in [3.8, 4) is 0 Å². The van der Waals surface area contributed by atoms with Crippen LogP contribution in [-0.4, -0.2) is 43.4 Å². The maximum absolute atomic E-state index is 12.4. The Kier molecular flexibility index (Phi) is 4.22. The fourth-order valence-corrected chi connectivity index (χ4v) is 4.58. The smallest absolute Gasteiger partial charge is 0.251 e. The van der Waals surface area contributed by atoms with Gasteiger partial charge in [-0.1, -0.05) is 6.92 Å². The van der Waals surface area contributed by atoms with Gasteiger partial charge in [0.15, 0.2) is 9.84 Å². The van der Waals surface area contributed by atoms with Crippen molar-refractivity contribution in [1.82, 2.24) is 10.3 Å². The molecule has 1 amide bonds. The summed E-state index contributed by atoms with van der Waals surface area (Å²) in [5.41, 5.74) is 0.624. The van der Waals surface area contributed by atoms with E-state index >= 15 is 0 Å². The molecule has 1 aliphatic rings. The first kappa shape index (κ1) is 15.8. The normalized spacial score (nSPS) is 23.8. The van der Waals surface area contributed by atoms with Crippen molar-refractivity contribution in [2.24, 2.45) is 0 Å². The molecule has 1 fully saturated rings. The Morgan fingerprint density at radius 3 is 2.67 bits per heavy atom. The molecule has 0 aromatic carbocycles. The molecule has 2 N–H and O–H groups in total. The van der Waals surface area contributed by atoms with Crippen LogP contribution in [0.5, 0.6) is 0 Å². The number of nitrogens with zero attached hydrogens (tertiary/aromatic N) is 1. The summed E-state index contributed by atoms with van der Waals surface area (Å²) in [6.07, 6.45) is 1.17. The van der Waals surface area contributed by atoms with Crippen molar-refractivity contribution in [3.05, 3.63) is 23.4 Å². The number of aryl methyl sites for hydroxylation is 1. The van der Waals surface area contributed by atoms with Gasteiger partial charge in [0.2, 0.25) is 0 Å². The molecule has 21 heavy (non-hydrogen) atoms. The van der Waals surface area contributed by atoms with Crippen molar-refractivity contribution in [2.45, 2.75) is 32.2 Å². The van der Waals surface area contributed by atoms with Crippen molar-refractivity contribution < 1.29 is 13.2 Å². The highest BCUT2D eigenvalue weighted by molar-refractivity contribution is 7.91. The third-order valence-electron chi connectivity index (χ3n) is 3.68. The Labute approximate surface area is 125 Å². The summed E-state index contributed by atoms with van der Waals surface area (Å²) in [6, 6.07) is 3.41. The Morgan fingerprint density at radius 2 is 2.14 bits per heavy atom. The second kappa shape index (κ2) is 5.63. The second-order valence-electron chi connectivity index (χ2n) is 5.69. The van der Waals surface area contributed by atoms with E-state index in [2.05, 4.69) is 15.6 Å². The molecule has 7 heteroatoms. The number of pyridine rings is 1. The number of amides is 1. The van der Waals surface area contributed by atoms with E-state index in [4.69, 9.17) is 0 Å². The van der Waals surface area contributed by atoms with Crippen molar-refractivity contribution >= 4 is 21.6 Å². The maximum atomic E-state index is 12.4. The van der Waals surface area contributed by atoms with Gasteiger partial charge in [0.1, 0.15) is 5.82 Å². The number of carbonyl (C=O) groups is 1. The van der Waals surface area contributed by atoms with E-state index in [0.717, 1.165) is 12.1 Å². The third-order valence-corrected chi connectivity index (χ3v) is 5.58. The van der Waals surface area contributed by atoms with E-state index in [-0.39, 0.29) is 17.4 Å². The summed E-state index contributed by atoms with van der Waals surface area (Å²) in [7, 11) is -1.30. The van der Waals surface area contributed by atoms with Gasteiger partial charge in [-0.15, -0.1) is 0 Å². The quantitative estimate of drug-likeness (QED) is 0.866. The third kappa shape index (κ3) is 3.72. The molecular formula is C14H21N3O3S. The van der Waals surface area contributed by atoms with E-state index in [1.54, 1.807) is 26.1 Å². The topological polar surface area (TPSA) is 88.2 Å². The number of carbonyl (C=O) groups excluding carboxylic acids is 1. The van der Waals surface area contributed by atoms with Gasteiger partial charge in [0.05, 0.1) is 17.0 Å². The number of rotatable bonds is 4. The van der Waals surface area contributed by atoms with Crippen LogP contribution >= 0.6 is 0 Å². The molecule has 0 saturated carbocycles. The highest BCUT2D eigenvalue weighted by atomic mass is 32.2. The van der Waals surface area contributed by atoms with E-state index in [9.17, 15) is 13.2 Å². The van der Waals surface area contributed by atoms with Gasteiger partial charge in [-0.3, -0.25) is 4.79 Å². The van der Waals surface area contributed by atoms with Gasteiger partial charge < -0.3 is 10.6 Å². The first-order chi connectivity index (χ1) is 9.77. The number of aromatic nitrogens is 1. The molecule has 1 unspecified atom stereocenters. The van der Waals surface area contributed by atoms with Crippen LogP contribution in [-0.2, 0) is 16.3 Å². The van der Waals surface area contributed by atoms with Crippen LogP contribution in [0.4, 0.5) is 5.82 Å². The van der Waals surface area contributed by atoms with Crippen LogP contribution in [0.2, 0.25) is 0 Å². The van der Waals surface area contributed by atoms with Crippen molar-refractivity contribution in [2.75, 3.05) is 23.9 Å². The first-order valence-corrected chi connectivity index (χ1v) is 8.81. The maximum Gasteiger partial charge on any atom is 0.251 e. The van der Waals surface area contributed by atoms with E-state index in [1.165, 1.54) is 0 Å². The van der Waals surface area contributed by atoms with Crippen LogP contribution in [0.25, 0.3) is 0 Å². The minimum atomic E-state index is -3.05. The molecule has 0 spiro atoms. The number of hydrogen-bond donors (Lipinski definition) is 2. The molecular weight excluding hydrogens is 290 g/mol. The van der Waals surface area contributed by atoms with Crippen LogP contribution in [0.15, 0.2) is 12.1 Å². The first-order valence-electron chi connectivity index (χ1n) is 6.98. The lowest BCUT2D eigenvalue weighted by molar-refractivity contribution is 0.0915. The molecule has 2 heterocycles. The summed E-state index contributed by atoms with van der Waals surface area (Å²) in [6.45, 7) is 3.74. The number of hydrogen-bond acceptors (Lipinski definition) is 5. The summed E-state index contributed by atoms with van der Waals surface area (Å²) in [4.78, 5) is 16.7. The summed E-state index contributed by atoms with van der Waals surface area (Å²) in [5.74, 6) is 0.491. The van der Waals surface area contributed by atoms with E-state index in [1.807, 2.05) is 6.92 Å². The Morgan fingerprint density at radius 1 is 1.43 bits per heavy atom. The number of sulfone groups is 1. The molecule has 0 aliphatic carbocycles. The predicted molar refractivity (Wildman–Crippen MR) is 82.3 cm³/mol. The standard InChI is InChI=1S/C14H21N3O3S/c1-4-11-7-10(8-12(15-3)16-11)13(18)17-14(2)5-6-21(19,20)9-14/h7-8H,4-6,9H2,1-3H3,(H,15,16)(H,17,18). The molecule has 1 saturated heterocycles. The molecule has 0 radical (unpaired) electrons. The predicted octanol–water partition coefficient (Wildman–Crippen LogP) is 0.993. The zero-order valence-corrected chi connectivity index (χ0v) is 13.4. The fourth-order valence-electron chi connectivity index (χ4n) is 2.48. The zero-order chi connectivity index (χ0) is 15.7. The van der Waals surface area contributed by atoms with Gasteiger partial charge >= 0.3 is 0 Å². The zero-order valence-electron chi connectivity index (χ0n) is 12.6. The average Bonchev–Trinajstić information content (AvgIpc) is 2.71. The molecule has 1 aromatic heterocycles. The molecule has 1 aliphatic heterocycles. The van der Waals surface area contributed by atoms with Crippen LogP contribution in [0.3, 0.4) is 0 Å². The minimum absolute atomic E-state index is 0.00363. The van der Waals surface area contributed by atoms with Gasteiger partial charge in [-0.05, 0) is 31.9 Å². The van der Waals surface area contributed by atoms with Crippen LogP contribution in [0, 0.1) is 0 Å². The second-order valence-corrected chi connectivity index (χ2v) is 7.88. The lowest BCUT2D eigenvalue weighted by atomic mass is 10.0. The molecule has 2 rings (SSSR count). The average molecular weight is 311 g/mol. The Bertz CT molecular complexity index is 635. The molecule has 0 bridgehead atoms. The van der Waals surface area contributed by atoms with E-state index in [0.29, 0.717) is 17.8 Å². The Balaban J connectivity index is 2.21. The minimum Gasteiger partial charge on any atom is -0.373 e. The van der Waals surface area contributed by atoms with Gasteiger partial charge in [-0.2, -0.15) is 0 Å².